The molecule has 4 N–H and O–H groups in total. The van der Waals surface area contributed by atoms with Gasteiger partial charge >= 0.3 is 5.91 Å². The average Bonchev–Trinajstić information content (AvgIpc) is 3.09. The van der Waals surface area contributed by atoms with E-state index in [0.717, 1.165) is 29.3 Å². The Morgan fingerprint density at radius 1 is 1.10 bits per heavy atom. The first-order chi connectivity index (χ1) is 13.7. The molecule has 0 spiro atoms. The molecule has 1 amide bonds. The van der Waals surface area contributed by atoms with Crippen LogP contribution in [0.25, 0.3) is 17.0 Å². The predicted octanol–water partition coefficient (Wildman–Crippen LogP) is 3.50. The molecule has 8 nitrogen and oxygen atoms in total. The van der Waals surface area contributed by atoms with Crippen LogP contribution >= 0.6 is 0 Å². The average molecular weight is 394 g/mol. The molecule has 0 aliphatic carbocycles. The fourth-order valence-corrected chi connectivity index (χ4v) is 2.97. The van der Waals surface area contributed by atoms with Crippen molar-refractivity contribution in [3.05, 3.63) is 53.3 Å². The van der Waals surface area contributed by atoms with Crippen molar-refractivity contribution in [1.29, 1.82) is 0 Å². The van der Waals surface area contributed by atoms with Gasteiger partial charge in [-0.25, -0.2) is 5.43 Å². The van der Waals surface area contributed by atoms with E-state index >= 15 is 0 Å². The van der Waals surface area contributed by atoms with Crippen LogP contribution < -0.4 is 10.2 Å². The molecular formula is C21H18N2O6. The fraction of sp³-hybridized carbons (Fsp3) is 0.143. The Hall–Kier alpha value is -3.94. The zero-order valence-corrected chi connectivity index (χ0v) is 15.6. The number of carbonyl (C=O) groups excluding carboxylic acids is 1. The van der Waals surface area contributed by atoms with Gasteiger partial charge < -0.3 is 24.5 Å². The minimum Gasteiger partial charge on any atom is -0.507 e. The molecule has 4 rings (SSSR count). The van der Waals surface area contributed by atoms with Crippen LogP contribution in [0.2, 0.25) is 0 Å². The zero-order valence-electron chi connectivity index (χ0n) is 15.6. The molecule has 0 saturated carbocycles. The molecule has 0 saturated heterocycles. The van der Waals surface area contributed by atoms with Gasteiger partial charge in [0, 0.05) is 17.0 Å². The first kappa shape index (κ1) is 18.4. The van der Waals surface area contributed by atoms with Gasteiger partial charge in [0.1, 0.15) is 22.7 Å². The number of fused-ring (bicyclic) bond motifs is 3. The summed E-state index contributed by atoms with van der Waals surface area (Å²) in [5.41, 5.74) is 3.28. The summed E-state index contributed by atoms with van der Waals surface area (Å²) in [7, 11) is 0. The van der Waals surface area contributed by atoms with Gasteiger partial charge in [-0.1, -0.05) is 0 Å². The van der Waals surface area contributed by atoms with Gasteiger partial charge in [-0.15, -0.1) is 0 Å². The number of phenolic OH excluding ortho intramolecular Hbond substituents is 3. The second-order valence-corrected chi connectivity index (χ2v) is 7.14. The van der Waals surface area contributed by atoms with Crippen molar-refractivity contribution >= 4 is 29.2 Å². The van der Waals surface area contributed by atoms with E-state index in [4.69, 9.17) is 9.15 Å². The Kier molecular flexibility index (Phi) is 4.19. The number of hydrazone groups is 1. The number of ether oxygens (including phenoxy) is 1. The van der Waals surface area contributed by atoms with E-state index in [1.165, 1.54) is 0 Å². The third kappa shape index (κ3) is 3.47. The number of rotatable bonds is 3. The second kappa shape index (κ2) is 6.59. The molecule has 1 aliphatic heterocycles. The van der Waals surface area contributed by atoms with Gasteiger partial charge in [0.15, 0.2) is 17.3 Å². The third-order valence-corrected chi connectivity index (χ3v) is 4.43. The van der Waals surface area contributed by atoms with Crippen LogP contribution in [0.15, 0.2) is 45.9 Å². The number of nitrogens with one attached hydrogen (secondary N) is 1. The normalized spacial score (nSPS) is 14.7. The lowest BCUT2D eigenvalue weighted by Gasteiger charge is -2.27. The zero-order chi connectivity index (χ0) is 20.8. The number of benzene rings is 2. The van der Waals surface area contributed by atoms with E-state index in [0.29, 0.717) is 11.3 Å². The van der Waals surface area contributed by atoms with Crippen molar-refractivity contribution in [2.75, 3.05) is 0 Å². The minimum atomic E-state index is -0.588. The second-order valence-electron chi connectivity index (χ2n) is 7.14. The molecule has 1 aromatic heterocycles. The molecule has 0 fully saturated rings. The van der Waals surface area contributed by atoms with Crippen LogP contribution in [0, 0.1) is 0 Å². The quantitative estimate of drug-likeness (QED) is 0.233. The largest absolute Gasteiger partial charge is 0.507 e. The van der Waals surface area contributed by atoms with Gasteiger partial charge in [-0.05, 0) is 50.3 Å². The van der Waals surface area contributed by atoms with E-state index in [1.54, 1.807) is 6.07 Å². The monoisotopic (exact) mass is 394 g/mol. The van der Waals surface area contributed by atoms with Crippen molar-refractivity contribution in [3.63, 3.8) is 0 Å². The highest BCUT2D eigenvalue weighted by Crippen LogP contribution is 2.37. The van der Waals surface area contributed by atoms with Crippen molar-refractivity contribution in [3.8, 4) is 23.0 Å². The van der Waals surface area contributed by atoms with E-state index in [9.17, 15) is 20.1 Å². The highest BCUT2D eigenvalue weighted by molar-refractivity contribution is 5.99. The lowest BCUT2D eigenvalue weighted by atomic mass is 10.0. The summed E-state index contributed by atoms with van der Waals surface area (Å²) >= 11 is 0. The molecule has 29 heavy (non-hydrogen) atoms. The van der Waals surface area contributed by atoms with Gasteiger partial charge in [-0.2, -0.15) is 5.10 Å². The molecule has 8 heteroatoms. The number of hydrogen-bond donors (Lipinski definition) is 4. The Balaban J connectivity index is 1.56. The number of aromatic hydroxyl groups is 3. The molecule has 0 bridgehead atoms. The summed E-state index contributed by atoms with van der Waals surface area (Å²) in [6.45, 7) is 3.89. The third-order valence-electron chi connectivity index (χ3n) is 4.43. The summed E-state index contributed by atoms with van der Waals surface area (Å²) in [4.78, 5) is 12.4. The van der Waals surface area contributed by atoms with Crippen LogP contribution in [0.1, 0.15) is 35.5 Å². The van der Waals surface area contributed by atoms with Crippen LogP contribution in [0.4, 0.5) is 0 Å². The molecule has 0 radical (unpaired) electrons. The lowest BCUT2D eigenvalue weighted by Crippen LogP contribution is -2.27. The summed E-state index contributed by atoms with van der Waals surface area (Å²) in [5, 5.41) is 33.0. The first-order valence-electron chi connectivity index (χ1n) is 8.77. The van der Waals surface area contributed by atoms with Crippen LogP contribution in [-0.4, -0.2) is 33.0 Å². The SMILES string of the molecule is CC1(C)C=Cc2c(ccc3cc(C(=O)N/N=C/c4cc(O)c(O)cc4O)oc23)O1. The van der Waals surface area contributed by atoms with Crippen LogP contribution in [0.3, 0.4) is 0 Å². The van der Waals surface area contributed by atoms with E-state index in [1.807, 2.05) is 38.1 Å². The number of nitrogens with zero attached hydrogens (tertiary/aromatic N) is 1. The summed E-state index contributed by atoms with van der Waals surface area (Å²) < 4.78 is 11.6. The maximum Gasteiger partial charge on any atom is 0.307 e. The Morgan fingerprint density at radius 2 is 1.86 bits per heavy atom. The molecule has 3 aromatic rings. The topological polar surface area (TPSA) is 125 Å². The van der Waals surface area contributed by atoms with Crippen molar-refractivity contribution < 1.29 is 29.3 Å². The van der Waals surface area contributed by atoms with Gasteiger partial charge in [0.25, 0.3) is 0 Å². The number of hydrogen-bond acceptors (Lipinski definition) is 7. The highest BCUT2D eigenvalue weighted by Gasteiger charge is 2.24. The standard InChI is InChI=1S/C21H18N2O6/c1-21(2)6-5-13-17(29-21)4-3-11-8-18(28-19(11)13)20(27)23-22-10-12-7-15(25)16(26)9-14(12)24/h3-10,24-26H,1-2H3,(H,23,27)/b22-10+. The molecule has 0 atom stereocenters. The molecule has 148 valence electrons. The van der Waals surface area contributed by atoms with Crippen LogP contribution in [0.5, 0.6) is 23.0 Å². The van der Waals surface area contributed by atoms with Crippen LogP contribution in [-0.2, 0) is 0 Å². The summed E-state index contributed by atoms with van der Waals surface area (Å²) in [5.74, 6) is -1.04. The van der Waals surface area contributed by atoms with Gasteiger partial charge in [0.05, 0.1) is 11.8 Å². The first-order valence-corrected chi connectivity index (χ1v) is 8.77. The lowest BCUT2D eigenvalue weighted by molar-refractivity contribution is 0.0929. The molecule has 2 aromatic carbocycles. The molecular weight excluding hydrogens is 376 g/mol. The van der Waals surface area contributed by atoms with Crippen molar-refractivity contribution in [2.24, 2.45) is 5.10 Å². The van der Waals surface area contributed by atoms with Gasteiger partial charge in [-0.3, -0.25) is 4.79 Å². The van der Waals surface area contributed by atoms with E-state index in [2.05, 4.69) is 10.5 Å². The number of carbonyl (C=O) groups is 1. The Labute approximate surface area is 165 Å². The minimum absolute atomic E-state index is 0.0570. The predicted molar refractivity (Wildman–Crippen MR) is 106 cm³/mol. The van der Waals surface area contributed by atoms with E-state index in [-0.39, 0.29) is 17.1 Å². The number of phenols is 3. The summed E-state index contributed by atoms with van der Waals surface area (Å²) in [6.07, 6.45) is 4.96. The summed E-state index contributed by atoms with van der Waals surface area (Å²) in [6, 6.07) is 7.32. The van der Waals surface area contributed by atoms with E-state index < -0.39 is 23.0 Å². The fourth-order valence-electron chi connectivity index (χ4n) is 2.97. The number of furan rings is 1. The highest BCUT2D eigenvalue weighted by atomic mass is 16.5. The smallest absolute Gasteiger partial charge is 0.307 e. The number of amides is 1. The van der Waals surface area contributed by atoms with Crippen molar-refractivity contribution in [2.45, 2.75) is 19.4 Å². The molecule has 1 aliphatic rings. The van der Waals surface area contributed by atoms with Crippen molar-refractivity contribution in [1.82, 2.24) is 5.43 Å². The molecule has 2 heterocycles. The maximum atomic E-state index is 12.4. The molecule has 0 unspecified atom stereocenters. The van der Waals surface area contributed by atoms with Gasteiger partial charge in [0.2, 0.25) is 0 Å². The Bertz CT molecular complexity index is 1190. The Morgan fingerprint density at radius 3 is 2.66 bits per heavy atom. The maximum absolute atomic E-state index is 12.4.